The molecule has 134 valence electrons. The molecule has 0 bridgehead atoms. The van der Waals surface area contributed by atoms with Crippen molar-refractivity contribution < 1.29 is 13.6 Å². The fourth-order valence-corrected chi connectivity index (χ4v) is 2.66. The van der Waals surface area contributed by atoms with Crippen molar-refractivity contribution in [2.75, 3.05) is 5.32 Å². The lowest BCUT2D eigenvalue weighted by atomic mass is 10.2. The number of hydrogen-bond donors (Lipinski definition) is 1. The van der Waals surface area contributed by atoms with Crippen LogP contribution in [-0.4, -0.2) is 5.91 Å². The number of nitrogens with zero attached hydrogens (tertiary/aromatic N) is 1. The molecular formula is C20H11Cl2FN2O2. The molecule has 1 aromatic heterocycles. The van der Waals surface area contributed by atoms with E-state index in [0.717, 1.165) is 0 Å². The van der Waals surface area contributed by atoms with Crippen LogP contribution in [0, 0.1) is 17.1 Å². The first-order valence-corrected chi connectivity index (χ1v) is 8.46. The number of nitriles is 1. The number of hydrogen-bond acceptors (Lipinski definition) is 3. The third-order valence-electron chi connectivity index (χ3n) is 3.57. The highest BCUT2D eigenvalue weighted by Gasteiger charge is 2.12. The molecule has 0 unspecified atom stereocenters. The normalized spacial score (nSPS) is 11.1. The van der Waals surface area contributed by atoms with Gasteiger partial charge >= 0.3 is 0 Å². The summed E-state index contributed by atoms with van der Waals surface area (Å²) in [7, 11) is 0. The first-order chi connectivity index (χ1) is 13.0. The number of anilines is 1. The second-order valence-electron chi connectivity index (χ2n) is 5.47. The minimum atomic E-state index is -0.595. The topological polar surface area (TPSA) is 66.0 Å². The number of furan rings is 1. The molecule has 0 aliphatic carbocycles. The average molecular weight is 401 g/mol. The fraction of sp³-hybridized carbons (Fsp3) is 0. The summed E-state index contributed by atoms with van der Waals surface area (Å²) in [4.78, 5) is 12.3. The van der Waals surface area contributed by atoms with Crippen molar-refractivity contribution in [2.24, 2.45) is 0 Å². The molecule has 7 heteroatoms. The summed E-state index contributed by atoms with van der Waals surface area (Å²) in [6.45, 7) is 0. The van der Waals surface area contributed by atoms with Crippen LogP contribution in [0.5, 0.6) is 0 Å². The SMILES string of the molecule is N#C/C(=C/c1ccc(-c2ccc(F)c(Cl)c2)o1)C(=O)Nc1cccc(Cl)c1. The second kappa shape index (κ2) is 8.09. The zero-order valence-electron chi connectivity index (χ0n) is 13.7. The number of carbonyl (C=O) groups excluding carboxylic acids is 1. The summed E-state index contributed by atoms with van der Waals surface area (Å²) < 4.78 is 18.9. The van der Waals surface area contributed by atoms with E-state index in [1.807, 2.05) is 6.07 Å². The Kier molecular flexibility index (Phi) is 5.60. The molecule has 1 amide bonds. The molecule has 0 saturated heterocycles. The van der Waals surface area contributed by atoms with Gasteiger partial charge in [0.25, 0.3) is 5.91 Å². The number of benzene rings is 2. The maximum Gasteiger partial charge on any atom is 0.266 e. The lowest BCUT2D eigenvalue weighted by Crippen LogP contribution is -2.13. The average Bonchev–Trinajstić information content (AvgIpc) is 3.10. The van der Waals surface area contributed by atoms with Gasteiger partial charge in [-0.3, -0.25) is 4.79 Å². The summed E-state index contributed by atoms with van der Waals surface area (Å²) in [5.74, 6) is -0.405. The number of nitrogens with one attached hydrogen (secondary N) is 1. The van der Waals surface area contributed by atoms with Gasteiger partial charge in [-0.15, -0.1) is 0 Å². The molecule has 0 saturated carbocycles. The van der Waals surface area contributed by atoms with Gasteiger partial charge in [-0.1, -0.05) is 29.3 Å². The summed E-state index contributed by atoms with van der Waals surface area (Å²) in [6.07, 6.45) is 1.31. The van der Waals surface area contributed by atoms with E-state index in [9.17, 15) is 14.4 Å². The maximum atomic E-state index is 13.3. The Morgan fingerprint density at radius 1 is 1.15 bits per heavy atom. The monoisotopic (exact) mass is 400 g/mol. The van der Waals surface area contributed by atoms with E-state index in [-0.39, 0.29) is 10.6 Å². The van der Waals surface area contributed by atoms with Gasteiger partial charge in [-0.2, -0.15) is 5.26 Å². The fourth-order valence-electron chi connectivity index (χ4n) is 2.29. The summed E-state index contributed by atoms with van der Waals surface area (Å²) in [5, 5.41) is 12.3. The molecule has 3 rings (SSSR count). The molecule has 4 nitrogen and oxygen atoms in total. The molecule has 2 aromatic carbocycles. The minimum absolute atomic E-state index is 0.0281. The largest absolute Gasteiger partial charge is 0.457 e. The van der Waals surface area contributed by atoms with E-state index in [4.69, 9.17) is 27.6 Å². The molecule has 1 N–H and O–H groups in total. The first-order valence-electron chi connectivity index (χ1n) is 7.70. The summed E-state index contributed by atoms with van der Waals surface area (Å²) in [5.41, 5.74) is 0.894. The number of carbonyl (C=O) groups is 1. The highest BCUT2D eigenvalue weighted by atomic mass is 35.5. The van der Waals surface area contributed by atoms with Crippen LogP contribution >= 0.6 is 23.2 Å². The molecule has 0 aliphatic rings. The summed E-state index contributed by atoms with van der Waals surface area (Å²) >= 11 is 11.6. The van der Waals surface area contributed by atoms with Crippen LogP contribution in [0.2, 0.25) is 10.0 Å². The molecular weight excluding hydrogens is 390 g/mol. The van der Waals surface area contributed by atoms with E-state index in [0.29, 0.717) is 27.8 Å². The van der Waals surface area contributed by atoms with E-state index in [1.54, 1.807) is 36.4 Å². The zero-order chi connectivity index (χ0) is 19.4. The molecule has 27 heavy (non-hydrogen) atoms. The Morgan fingerprint density at radius 2 is 1.96 bits per heavy atom. The van der Waals surface area contributed by atoms with Gasteiger partial charge in [0.05, 0.1) is 5.02 Å². The van der Waals surface area contributed by atoms with Gasteiger partial charge in [0.15, 0.2) is 0 Å². The molecule has 0 atom stereocenters. The van der Waals surface area contributed by atoms with Crippen LogP contribution in [-0.2, 0) is 4.79 Å². The number of rotatable bonds is 4. The number of amides is 1. The Labute approximate surface area is 164 Å². The van der Waals surface area contributed by atoms with Gasteiger partial charge in [0.1, 0.15) is 29.0 Å². The van der Waals surface area contributed by atoms with Gasteiger partial charge in [0, 0.05) is 22.3 Å². The highest BCUT2D eigenvalue weighted by molar-refractivity contribution is 6.31. The third kappa shape index (κ3) is 4.56. The van der Waals surface area contributed by atoms with Crippen molar-refractivity contribution in [3.63, 3.8) is 0 Å². The maximum absolute atomic E-state index is 13.3. The second-order valence-corrected chi connectivity index (χ2v) is 6.31. The molecule has 0 spiro atoms. The lowest BCUT2D eigenvalue weighted by Gasteiger charge is -2.04. The van der Waals surface area contributed by atoms with Crippen molar-refractivity contribution in [1.29, 1.82) is 5.26 Å². The van der Waals surface area contributed by atoms with Crippen LogP contribution < -0.4 is 5.32 Å². The van der Waals surface area contributed by atoms with Crippen molar-refractivity contribution in [2.45, 2.75) is 0 Å². The minimum Gasteiger partial charge on any atom is -0.457 e. The molecule has 3 aromatic rings. The Balaban J connectivity index is 1.82. The smallest absolute Gasteiger partial charge is 0.266 e. The van der Waals surface area contributed by atoms with E-state index < -0.39 is 11.7 Å². The van der Waals surface area contributed by atoms with Crippen LogP contribution in [0.4, 0.5) is 10.1 Å². The first kappa shape index (κ1) is 18.7. The zero-order valence-corrected chi connectivity index (χ0v) is 15.2. The van der Waals surface area contributed by atoms with Crippen LogP contribution in [0.15, 0.2) is 64.6 Å². The van der Waals surface area contributed by atoms with Crippen LogP contribution in [0.25, 0.3) is 17.4 Å². The van der Waals surface area contributed by atoms with Crippen molar-refractivity contribution in [3.8, 4) is 17.4 Å². The third-order valence-corrected chi connectivity index (χ3v) is 4.09. The van der Waals surface area contributed by atoms with Crippen molar-refractivity contribution >= 4 is 40.9 Å². The van der Waals surface area contributed by atoms with Gasteiger partial charge < -0.3 is 9.73 Å². The lowest BCUT2D eigenvalue weighted by molar-refractivity contribution is -0.112. The molecule has 0 radical (unpaired) electrons. The number of halogens is 3. The van der Waals surface area contributed by atoms with E-state index in [2.05, 4.69) is 5.32 Å². The Hall–Kier alpha value is -3.07. The standard InChI is InChI=1S/C20H11Cl2FN2O2/c21-14-2-1-3-15(10-14)25-20(26)13(11-24)8-16-5-7-19(27-16)12-4-6-18(23)17(22)9-12/h1-10H,(H,25,26)/b13-8-. The van der Waals surface area contributed by atoms with Gasteiger partial charge in [0.2, 0.25) is 0 Å². The predicted molar refractivity (Wildman–Crippen MR) is 103 cm³/mol. The Bertz CT molecular complexity index is 1080. The van der Waals surface area contributed by atoms with Gasteiger partial charge in [-0.25, -0.2) is 4.39 Å². The predicted octanol–water partition coefficient (Wildman–Crippen LogP) is 5.94. The highest BCUT2D eigenvalue weighted by Crippen LogP contribution is 2.27. The van der Waals surface area contributed by atoms with Crippen LogP contribution in [0.3, 0.4) is 0 Å². The molecule has 0 fully saturated rings. The van der Waals surface area contributed by atoms with E-state index in [1.165, 1.54) is 24.3 Å². The summed E-state index contributed by atoms with van der Waals surface area (Å²) in [6, 6.07) is 15.8. The van der Waals surface area contributed by atoms with E-state index >= 15 is 0 Å². The quantitative estimate of drug-likeness (QED) is 0.435. The van der Waals surface area contributed by atoms with Crippen molar-refractivity contribution in [1.82, 2.24) is 0 Å². The molecule has 0 aliphatic heterocycles. The Morgan fingerprint density at radius 3 is 2.67 bits per heavy atom. The molecule has 1 heterocycles. The van der Waals surface area contributed by atoms with Crippen LogP contribution in [0.1, 0.15) is 5.76 Å². The van der Waals surface area contributed by atoms with Gasteiger partial charge in [-0.05, 0) is 48.5 Å². The van der Waals surface area contributed by atoms with Crippen molar-refractivity contribution in [3.05, 3.63) is 81.8 Å².